The van der Waals surface area contributed by atoms with Crippen LogP contribution in [-0.4, -0.2) is 40.8 Å². The zero-order valence-electron chi connectivity index (χ0n) is 7.36. The number of nitrogens with two attached hydrogens (primary N) is 1. The number of rotatable bonds is 5. The van der Waals surface area contributed by atoms with E-state index in [1.165, 1.54) is 6.92 Å². The molecule has 0 aromatic rings. The molecule has 6 nitrogen and oxygen atoms in total. The number of carboxylic acid groups (broad SMARTS) is 1. The van der Waals surface area contributed by atoms with Gasteiger partial charge in [-0.25, -0.2) is 4.79 Å². The first-order chi connectivity index (χ1) is 5.99. The first-order valence-corrected chi connectivity index (χ1v) is 3.89. The van der Waals surface area contributed by atoms with Crippen molar-refractivity contribution in [1.29, 1.82) is 0 Å². The smallest absolute Gasteiger partial charge is 0.328 e. The second kappa shape index (κ2) is 5.50. The van der Waals surface area contributed by atoms with Gasteiger partial charge in [0.25, 0.3) is 0 Å². The number of amides is 1. The lowest BCUT2D eigenvalue weighted by Gasteiger charge is -2.16. The second-order valence-electron chi connectivity index (χ2n) is 2.66. The minimum absolute atomic E-state index is 0.0521. The standard InChI is InChI=1S/C7H14N2O4/c1-4(10)6(7(12)13)9-5(11)2-3-8/h4,6,10H,2-3,8H2,1H3,(H,9,11)(H,12,13)/t4?,6-/m0/s1. The molecule has 0 spiro atoms. The highest BCUT2D eigenvalue weighted by Crippen LogP contribution is 1.93. The molecule has 0 heterocycles. The Balaban J connectivity index is 4.10. The number of carbonyl (C=O) groups excluding carboxylic acids is 1. The molecule has 0 fully saturated rings. The van der Waals surface area contributed by atoms with Gasteiger partial charge in [0.15, 0.2) is 6.04 Å². The van der Waals surface area contributed by atoms with E-state index < -0.39 is 24.0 Å². The van der Waals surface area contributed by atoms with Gasteiger partial charge in [-0.1, -0.05) is 0 Å². The van der Waals surface area contributed by atoms with Crippen LogP contribution in [-0.2, 0) is 9.59 Å². The van der Waals surface area contributed by atoms with Gasteiger partial charge in [-0.05, 0) is 6.92 Å². The molecule has 1 amide bonds. The van der Waals surface area contributed by atoms with Crippen LogP contribution in [0, 0.1) is 0 Å². The SMILES string of the molecule is CC(O)[C@H](NC(=O)CCN)C(=O)O. The Morgan fingerprint density at radius 3 is 2.38 bits per heavy atom. The van der Waals surface area contributed by atoms with Crippen molar-refractivity contribution in [2.45, 2.75) is 25.5 Å². The van der Waals surface area contributed by atoms with Crippen molar-refractivity contribution in [2.24, 2.45) is 5.73 Å². The number of carboxylic acids is 1. The van der Waals surface area contributed by atoms with Crippen LogP contribution in [0.5, 0.6) is 0 Å². The molecule has 2 atom stereocenters. The van der Waals surface area contributed by atoms with Gasteiger partial charge in [-0.15, -0.1) is 0 Å². The second-order valence-corrected chi connectivity index (χ2v) is 2.66. The normalized spacial score (nSPS) is 14.7. The van der Waals surface area contributed by atoms with Crippen molar-refractivity contribution in [3.8, 4) is 0 Å². The zero-order chi connectivity index (χ0) is 10.4. The fraction of sp³-hybridized carbons (Fsp3) is 0.714. The monoisotopic (exact) mass is 190 g/mol. The Kier molecular flexibility index (Phi) is 5.01. The van der Waals surface area contributed by atoms with Crippen molar-refractivity contribution in [3.63, 3.8) is 0 Å². The van der Waals surface area contributed by atoms with Gasteiger partial charge >= 0.3 is 5.97 Å². The van der Waals surface area contributed by atoms with E-state index in [4.69, 9.17) is 15.9 Å². The maximum absolute atomic E-state index is 10.9. The first-order valence-electron chi connectivity index (χ1n) is 3.89. The van der Waals surface area contributed by atoms with E-state index in [1.807, 2.05) is 0 Å². The highest BCUT2D eigenvalue weighted by Gasteiger charge is 2.24. The summed E-state index contributed by atoms with van der Waals surface area (Å²) in [6.07, 6.45) is -1.07. The number of carbonyl (C=O) groups is 2. The van der Waals surface area contributed by atoms with Crippen LogP contribution in [0.1, 0.15) is 13.3 Å². The molecule has 5 N–H and O–H groups in total. The van der Waals surface area contributed by atoms with Crippen LogP contribution in [0.2, 0.25) is 0 Å². The summed E-state index contributed by atoms with van der Waals surface area (Å²) < 4.78 is 0. The van der Waals surface area contributed by atoms with Crippen molar-refractivity contribution in [1.82, 2.24) is 5.32 Å². The van der Waals surface area contributed by atoms with E-state index in [2.05, 4.69) is 5.32 Å². The number of hydrogen-bond donors (Lipinski definition) is 4. The van der Waals surface area contributed by atoms with Gasteiger partial charge in [-0.3, -0.25) is 4.79 Å². The highest BCUT2D eigenvalue weighted by atomic mass is 16.4. The number of nitrogens with one attached hydrogen (secondary N) is 1. The minimum Gasteiger partial charge on any atom is -0.480 e. The van der Waals surface area contributed by atoms with Crippen molar-refractivity contribution in [3.05, 3.63) is 0 Å². The fourth-order valence-electron chi connectivity index (χ4n) is 0.765. The molecular weight excluding hydrogens is 176 g/mol. The molecule has 0 saturated carbocycles. The van der Waals surface area contributed by atoms with Gasteiger partial charge in [0.1, 0.15) is 0 Å². The number of hydrogen-bond acceptors (Lipinski definition) is 4. The Morgan fingerprint density at radius 1 is 1.54 bits per heavy atom. The van der Waals surface area contributed by atoms with Gasteiger partial charge < -0.3 is 21.3 Å². The zero-order valence-corrected chi connectivity index (χ0v) is 7.36. The molecule has 13 heavy (non-hydrogen) atoms. The summed E-state index contributed by atoms with van der Waals surface area (Å²) in [4.78, 5) is 21.4. The summed E-state index contributed by atoms with van der Waals surface area (Å²) in [6.45, 7) is 1.44. The third-order valence-electron chi connectivity index (χ3n) is 1.44. The summed E-state index contributed by atoms with van der Waals surface area (Å²) in [6, 6.07) is -1.26. The summed E-state index contributed by atoms with van der Waals surface area (Å²) in [5, 5.41) is 19.7. The molecule has 76 valence electrons. The maximum atomic E-state index is 10.9. The van der Waals surface area contributed by atoms with E-state index in [0.29, 0.717) is 0 Å². The highest BCUT2D eigenvalue weighted by molar-refractivity contribution is 5.83. The van der Waals surface area contributed by atoms with Crippen LogP contribution < -0.4 is 11.1 Å². The van der Waals surface area contributed by atoms with Gasteiger partial charge in [0, 0.05) is 13.0 Å². The van der Waals surface area contributed by atoms with Crippen molar-refractivity contribution >= 4 is 11.9 Å². The average molecular weight is 190 g/mol. The van der Waals surface area contributed by atoms with E-state index in [9.17, 15) is 9.59 Å². The molecule has 0 saturated heterocycles. The number of aliphatic hydroxyl groups excluding tert-OH is 1. The lowest BCUT2D eigenvalue weighted by molar-refractivity contribution is -0.144. The molecule has 0 aliphatic heterocycles. The van der Waals surface area contributed by atoms with Crippen molar-refractivity contribution in [2.75, 3.05) is 6.54 Å². The van der Waals surface area contributed by atoms with Crippen LogP contribution >= 0.6 is 0 Å². The Labute approximate surface area is 75.7 Å². The fourth-order valence-corrected chi connectivity index (χ4v) is 0.765. The van der Waals surface area contributed by atoms with Crippen LogP contribution in [0.4, 0.5) is 0 Å². The largest absolute Gasteiger partial charge is 0.480 e. The van der Waals surface area contributed by atoms with E-state index in [-0.39, 0.29) is 13.0 Å². The van der Waals surface area contributed by atoms with Gasteiger partial charge in [0.05, 0.1) is 6.10 Å². The number of aliphatic carboxylic acids is 1. The van der Waals surface area contributed by atoms with Gasteiger partial charge in [0.2, 0.25) is 5.91 Å². The van der Waals surface area contributed by atoms with Crippen molar-refractivity contribution < 1.29 is 19.8 Å². The molecule has 0 aromatic heterocycles. The molecule has 0 aliphatic carbocycles. The predicted molar refractivity (Wildman–Crippen MR) is 44.9 cm³/mol. The molecule has 0 bridgehead atoms. The topological polar surface area (TPSA) is 113 Å². The molecule has 0 rings (SSSR count). The lowest BCUT2D eigenvalue weighted by atomic mass is 10.2. The van der Waals surface area contributed by atoms with E-state index in [1.54, 1.807) is 0 Å². The molecule has 0 radical (unpaired) electrons. The predicted octanol–water partition coefficient (Wildman–Crippen LogP) is -1.71. The first kappa shape index (κ1) is 11.9. The summed E-state index contributed by atoms with van der Waals surface area (Å²) in [5.41, 5.74) is 5.09. The molecule has 6 heteroatoms. The quantitative estimate of drug-likeness (QED) is 0.412. The Bertz CT molecular complexity index is 193. The third-order valence-corrected chi connectivity index (χ3v) is 1.44. The molecule has 0 aromatic carbocycles. The lowest BCUT2D eigenvalue weighted by Crippen LogP contribution is -2.47. The summed E-state index contributed by atoms with van der Waals surface area (Å²) >= 11 is 0. The average Bonchev–Trinajstić information content (AvgIpc) is 1.99. The van der Waals surface area contributed by atoms with Gasteiger partial charge in [-0.2, -0.15) is 0 Å². The molecule has 0 aliphatic rings. The third kappa shape index (κ3) is 4.44. The number of aliphatic hydroxyl groups is 1. The summed E-state index contributed by atoms with van der Waals surface area (Å²) in [5.74, 6) is -1.74. The molecular formula is C7H14N2O4. The van der Waals surface area contributed by atoms with Crippen LogP contribution in [0.25, 0.3) is 0 Å². The van der Waals surface area contributed by atoms with E-state index >= 15 is 0 Å². The Hall–Kier alpha value is -1.14. The minimum atomic E-state index is -1.26. The molecule has 1 unspecified atom stereocenters. The maximum Gasteiger partial charge on any atom is 0.328 e. The van der Waals surface area contributed by atoms with Crippen LogP contribution in [0.15, 0.2) is 0 Å². The summed E-state index contributed by atoms with van der Waals surface area (Å²) in [7, 11) is 0. The van der Waals surface area contributed by atoms with Crippen LogP contribution in [0.3, 0.4) is 0 Å². The Morgan fingerprint density at radius 2 is 2.08 bits per heavy atom. The van der Waals surface area contributed by atoms with E-state index in [0.717, 1.165) is 0 Å².